The first-order chi connectivity index (χ1) is 15.9. The van der Waals surface area contributed by atoms with Crippen LogP contribution in [0.15, 0.2) is 42.6 Å². The van der Waals surface area contributed by atoms with E-state index in [1.54, 1.807) is 0 Å². The summed E-state index contributed by atoms with van der Waals surface area (Å²) in [4.78, 5) is 4.60. The van der Waals surface area contributed by atoms with Gasteiger partial charge in [0, 0.05) is 33.4 Å². The van der Waals surface area contributed by atoms with Crippen LogP contribution >= 0.6 is 0 Å². The zero-order chi connectivity index (χ0) is 24.0. The van der Waals surface area contributed by atoms with Crippen LogP contribution in [0.4, 0.5) is 0 Å². The van der Waals surface area contributed by atoms with Gasteiger partial charge in [-0.3, -0.25) is 0 Å². The molecule has 2 aliphatic carbocycles. The minimum Gasteiger partial charge on any atom is -0.400 e. The maximum Gasteiger partial charge on any atom is 0.0571 e. The molecule has 34 heavy (non-hydrogen) atoms. The summed E-state index contributed by atoms with van der Waals surface area (Å²) in [6.07, 6.45) is 9.79. The Morgan fingerprint density at radius 3 is 2.35 bits per heavy atom. The van der Waals surface area contributed by atoms with Gasteiger partial charge in [0.2, 0.25) is 0 Å². The summed E-state index contributed by atoms with van der Waals surface area (Å²) in [6.45, 7) is 8.65. The first kappa shape index (κ1) is 28.7. The van der Waals surface area contributed by atoms with Crippen LogP contribution in [0.2, 0.25) is 0 Å². The van der Waals surface area contributed by atoms with Crippen molar-refractivity contribution in [2.75, 3.05) is 7.11 Å². The van der Waals surface area contributed by atoms with E-state index in [1.807, 2.05) is 6.20 Å². The van der Waals surface area contributed by atoms with Crippen LogP contribution in [-0.4, -0.2) is 28.4 Å². The Labute approximate surface area is 219 Å². The second kappa shape index (κ2) is 13.5. The second-order valence-electron chi connectivity index (χ2n) is 9.90. The summed E-state index contributed by atoms with van der Waals surface area (Å²) >= 11 is 0. The second-order valence-corrected chi connectivity index (χ2v) is 9.90. The van der Waals surface area contributed by atoms with Crippen LogP contribution in [0.1, 0.15) is 75.0 Å². The predicted octanol–water partition coefficient (Wildman–Crippen LogP) is 7.00. The van der Waals surface area contributed by atoms with E-state index in [0.29, 0.717) is 11.8 Å². The third-order valence-electron chi connectivity index (χ3n) is 7.15. The summed E-state index contributed by atoms with van der Waals surface area (Å²) < 4.78 is 0. The van der Waals surface area contributed by atoms with Gasteiger partial charge in [0.15, 0.2) is 0 Å². The molecule has 0 saturated heterocycles. The molecule has 5 rings (SSSR count). The molecule has 4 heteroatoms. The Morgan fingerprint density at radius 2 is 1.68 bits per heavy atom. The quantitative estimate of drug-likeness (QED) is 0.298. The Morgan fingerprint density at radius 1 is 0.941 bits per heavy atom. The SMILES string of the molecule is CO.Cc1[c-]c(-c2nccc3cc(C(C)C)ccc23)cc(C)c1.OC1CCC2CCCCC12.[Ir]. The van der Waals surface area contributed by atoms with E-state index < -0.39 is 0 Å². The molecule has 1 radical (unpaired) electrons. The number of pyridine rings is 1. The molecule has 0 spiro atoms. The molecule has 2 aromatic carbocycles. The van der Waals surface area contributed by atoms with Crippen molar-refractivity contribution in [1.82, 2.24) is 4.98 Å². The molecule has 3 aromatic rings. The number of aromatic nitrogens is 1. The minimum absolute atomic E-state index is 0. The Bertz CT molecular complexity index is 1030. The predicted molar refractivity (Wildman–Crippen MR) is 138 cm³/mol. The molecule has 3 unspecified atom stereocenters. The van der Waals surface area contributed by atoms with Gasteiger partial charge in [0.25, 0.3) is 0 Å². The molecule has 1 aromatic heterocycles. The summed E-state index contributed by atoms with van der Waals surface area (Å²) in [6, 6.07) is 16.5. The summed E-state index contributed by atoms with van der Waals surface area (Å²) in [5, 5.41) is 19.0. The number of aryl methyl sites for hydroxylation is 2. The van der Waals surface area contributed by atoms with Crippen LogP contribution in [0.5, 0.6) is 0 Å². The van der Waals surface area contributed by atoms with Crippen molar-refractivity contribution in [1.29, 1.82) is 0 Å². The molecule has 0 aliphatic heterocycles. The van der Waals surface area contributed by atoms with E-state index in [1.165, 1.54) is 54.0 Å². The van der Waals surface area contributed by atoms with Gasteiger partial charge >= 0.3 is 0 Å². The molecule has 2 aliphatic rings. The van der Waals surface area contributed by atoms with Crippen molar-refractivity contribution in [2.45, 2.75) is 78.2 Å². The Hall–Kier alpha value is -1.58. The third-order valence-corrected chi connectivity index (χ3v) is 7.15. The van der Waals surface area contributed by atoms with Crippen molar-refractivity contribution >= 4 is 10.8 Å². The Kier molecular flexibility index (Phi) is 11.4. The fourth-order valence-corrected chi connectivity index (χ4v) is 5.49. The zero-order valence-electron chi connectivity index (χ0n) is 21.3. The molecule has 0 amide bonds. The van der Waals surface area contributed by atoms with E-state index in [2.05, 4.69) is 75.1 Å². The fourth-order valence-electron chi connectivity index (χ4n) is 5.49. The molecular weight excluding hydrogens is 599 g/mol. The zero-order valence-corrected chi connectivity index (χ0v) is 23.7. The van der Waals surface area contributed by atoms with Gasteiger partial charge in [0.1, 0.15) is 0 Å². The number of aliphatic hydroxyl groups excluding tert-OH is 2. The number of nitrogens with zero attached hydrogens (tertiary/aromatic N) is 1. The van der Waals surface area contributed by atoms with Crippen LogP contribution in [-0.2, 0) is 20.1 Å². The summed E-state index contributed by atoms with van der Waals surface area (Å²) in [5.74, 6) is 2.12. The first-order valence-corrected chi connectivity index (χ1v) is 12.4. The van der Waals surface area contributed by atoms with Crippen molar-refractivity contribution < 1.29 is 30.3 Å². The number of hydrogen-bond donors (Lipinski definition) is 2. The molecule has 2 fully saturated rings. The minimum atomic E-state index is 0. The van der Waals surface area contributed by atoms with Crippen LogP contribution < -0.4 is 0 Å². The Balaban J connectivity index is 0.000000264. The molecular formula is C30H40IrNO2-. The first-order valence-electron chi connectivity index (χ1n) is 12.4. The molecule has 2 saturated carbocycles. The number of benzene rings is 2. The maximum absolute atomic E-state index is 9.52. The average molecular weight is 639 g/mol. The van der Waals surface area contributed by atoms with Gasteiger partial charge in [-0.15, -0.1) is 34.9 Å². The number of rotatable bonds is 2. The smallest absolute Gasteiger partial charge is 0.0571 e. The van der Waals surface area contributed by atoms with E-state index in [-0.39, 0.29) is 26.2 Å². The average Bonchev–Trinajstić information content (AvgIpc) is 3.20. The van der Waals surface area contributed by atoms with E-state index >= 15 is 0 Å². The van der Waals surface area contributed by atoms with Crippen molar-refractivity contribution in [2.24, 2.45) is 11.8 Å². The van der Waals surface area contributed by atoms with Crippen LogP contribution in [0.25, 0.3) is 22.0 Å². The van der Waals surface area contributed by atoms with Gasteiger partial charge in [-0.25, -0.2) is 0 Å². The van der Waals surface area contributed by atoms with Gasteiger partial charge in [-0.05, 0) is 65.1 Å². The van der Waals surface area contributed by atoms with Crippen molar-refractivity contribution in [3.63, 3.8) is 0 Å². The molecule has 187 valence electrons. The fraction of sp³-hybridized carbons (Fsp3) is 0.500. The summed E-state index contributed by atoms with van der Waals surface area (Å²) in [5.41, 5.74) is 5.87. The monoisotopic (exact) mass is 639 g/mol. The molecule has 3 nitrogen and oxygen atoms in total. The third kappa shape index (κ3) is 6.98. The van der Waals surface area contributed by atoms with Crippen LogP contribution in [0, 0.1) is 31.7 Å². The number of aliphatic hydroxyl groups is 2. The largest absolute Gasteiger partial charge is 0.400 e. The van der Waals surface area contributed by atoms with E-state index in [0.717, 1.165) is 36.3 Å². The van der Waals surface area contributed by atoms with Gasteiger partial charge in [-0.2, -0.15) is 0 Å². The molecule has 2 N–H and O–H groups in total. The van der Waals surface area contributed by atoms with E-state index in [9.17, 15) is 5.11 Å². The van der Waals surface area contributed by atoms with Gasteiger partial charge < -0.3 is 15.2 Å². The number of fused-ring (bicyclic) bond motifs is 2. The van der Waals surface area contributed by atoms with Crippen molar-refractivity contribution in [3.8, 4) is 11.3 Å². The molecule has 0 bridgehead atoms. The molecule has 1 heterocycles. The van der Waals surface area contributed by atoms with Gasteiger partial charge in [-0.1, -0.05) is 65.2 Å². The number of hydrogen-bond acceptors (Lipinski definition) is 3. The normalized spacial score (nSPS) is 21.0. The topological polar surface area (TPSA) is 53.4 Å². The van der Waals surface area contributed by atoms with Crippen LogP contribution in [0.3, 0.4) is 0 Å². The summed E-state index contributed by atoms with van der Waals surface area (Å²) in [7, 11) is 1.00. The standard InChI is InChI=1S/C20H20N.C9H16O.CH4O.Ir/c1-13(2)16-5-6-19-17(12-16)7-8-21-20(19)18-10-14(3)9-15(4)11-18;10-9-6-5-7-3-1-2-4-8(7)9;1-2;/h5-10,12-13H,1-4H3;7-10H,1-6H2;2H,1H3;/q-1;;;. The van der Waals surface area contributed by atoms with Gasteiger partial charge in [0.05, 0.1) is 6.10 Å². The van der Waals surface area contributed by atoms with Crippen molar-refractivity contribution in [3.05, 3.63) is 65.4 Å². The molecule has 3 atom stereocenters. The maximum atomic E-state index is 9.52. The van der Waals surface area contributed by atoms with E-state index in [4.69, 9.17) is 5.11 Å².